The van der Waals surface area contributed by atoms with E-state index in [1.54, 1.807) is 0 Å². The van der Waals surface area contributed by atoms with Gasteiger partial charge in [-0.2, -0.15) is 5.06 Å². The zero-order valence-electron chi connectivity index (χ0n) is 14.2. The van der Waals surface area contributed by atoms with Crippen LogP contribution in [0.1, 0.15) is 36.5 Å². The van der Waals surface area contributed by atoms with Gasteiger partial charge in [0, 0.05) is 12.6 Å². The molecule has 4 heteroatoms. The summed E-state index contributed by atoms with van der Waals surface area (Å²) in [5.74, 6) is -0.102. The van der Waals surface area contributed by atoms with Gasteiger partial charge < -0.3 is 4.74 Å². The molecule has 2 aliphatic heterocycles. The van der Waals surface area contributed by atoms with Crippen LogP contribution < -0.4 is 0 Å². The van der Waals surface area contributed by atoms with E-state index in [1.807, 2.05) is 48.5 Å². The SMILES string of the molecule is O=C(OCc1ccccc1)[C@@H]1CCN2O[C@H](c3ccccc3)C[C@H]2C1. The van der Waals surface area contributed by atoms with Gasteiger partial charge in [0.2, 0.25) is 0 Å². The topological polar surface area (TPSA) is 38.8 Å². The Morgan fingerprint density at radius 2 is 1.76 bits per heavy atom. The van der Waals surface area contributed by atoms with Gasteiger partial charge in [-0.05, 0) is 30.4 Å². The maximum atomic E-state index is 12.4. The number of carbonyl (C=O) groups is 1. The third kappa shape index (κ3) is 3.75. The van der Waals surface area contributed by atoms with Crippen LogP contribution in [0.15, 0.2) is 60.7 Å². The highest BCUT2D eigenvalue weighted by Gasteiger charge is 2.41. The molecule has 3 atom stereocenters. The van der Waals surface area contributed by atoms with E-state index in [0.717, 1.165) is 31.4 Å². The standard InChI is InChI=1S/C21H23NO3/c23-21(24-15-16-7-3-1-4-8-16)18-11-12-22-19(13-18)14-20(25-22)17-9-5-2-6-10-17/h1-10,18-20H,11-15H2/t18-,19-,20+/m1/s1. The molecule has 2 aliphatic rings. The molecule has 0 saturated carbocycles. The molecule has 2 saturated heterocycles. The monoisotopic (exact) mass is 337 g/mol. The van der Waals surface area contributed by atoms with Crippen molar-refractivity contribution >= 4 is 5.97 Å². The van der Waals surface area contributed by atoms with E-state index in [0.29, 0.717) is 12.6 Å². The number of ether oxygens (including phenoxy) is 1. The molecule has 25 heavy (non-hydrogen) atoms. The average molecular weight is 337 g/mol. The third-order valence-electron chi connectivity index (χ3n) is 5.14. The zero-order valence-corrected chi connectivity index (χ0v) is 14.2. The molecule has 0 N–H and O–H groups in total. The van der Waals surface area contributed by atoms with Crippen molar-refractivity contribution in [3.05, 3.63) is 71.8 Å². The second kappa shape index (κ2) is 7.38. The lowest BCUT2D eigenvalue weighted by molar-refractivity contribution is -0.184. The van der Waals surface area contributed by atoms with Crippen molar-refractivity contribution in [3.63, 3.8) is 0 Å². The van der Waals surface area contributed by atoms with Crippen molar-refractivity contribution in [2.24, 2.45) is 5.92 Å². The predicted octanol–water partition coefficient (Wildman–Crippen LogP) is 3.89. The Balaban J connectivity index is 1.32. The summed E-state index contributed by atoms with van der Waals surface area (Å²) in [6.07, 6.45) is 2.65. The fraction of sp³-hybridized carbons (Fsp3) is 0.381. The first kappa shape index (κ1) is 16.3. The number of fused-ring (bicyclic) bond motifs is 1. The van der Waals surface area contributed by atoms with Crippen molar-refractivity contribution in [2.75, 3.05) is 6.54 Å². The lowest BCUT2D eigenvalue weighted by Gasteiger charge is -2.31. The number of benzene rings is 2. The minimum atomic E-state index is -0.0772. The van der Waals surface area contributed by atoms with Crippen LogP contribution in [-0.2, 0) is 21.0 Å². The van der Waals surface area contributed by atoms with Crippen molar-refractivity contribution < 1.29 is 14.4 Å². The van der Waals surface area contributed by atoms with Crippen molar-refractivity contribution in [2.45, 2.75) is 38.0 Å². The predicted molar refractivity (Wildman–Crippen MR) is 94.3 cm³/mol. The number of nitrogens with zero attached hydrogens (tertiary/aromatic N) is 1. The van der Waals surface area contributed by atoms with Crippen molar-refractivity contribution in [1.29, 1.82) is 0 Å². The van der Waals surface area contributed by atoms with Crippen LogP contribution in [-0.4, -0.2) is 23.6 Å². The summed E-state index contributed by atoms with van der Waals surface area (Å²) >= 11 is 0. The first-order valence-corrected chi connectivity index (χ1v) is 8.98. The Hall–Kier alpha value is -2.17. The lowest BCUT2D eigenvalue weighted by Crippen LogP contribution is -2.40. The number of piperidine rings is 1. The van der Waals surface area contributed by atoms with Gasteiger partial charge in [0.05, 0.1) is 5.92 Å². The summed E-state index contributed by atoms with van der Waals surface area (Å²) < 4.78 is 5.53. The van der Waals surface area contributed by atoms with E-state index in [4.69, 9.17) is 9.57 Å². The number of hydrogen-bond acceptors (Lipinski definition) is 4. The van der Waals surface area contributed by atoms with Gasteiger partial charge in [-0.3, -0.25) is 9.63 Å². The highest BCUT2D eigenvalue weighted by atomic mass is 16.7. The van der Waals surface area contributed by atoms with E-state index in [9.17, 15) is 4.79 Å². The first-order chi connectivity index (χ1) is 12.3. The molecule has 2 heterocycles. The van der Waals surface area contributed by atoms with Gasteiger partial charge in [-0.25, -0.2) is 0 Å². The lowest BCUT2D eigenvalue weighted by atomic mass is 9.89. The van der Waals surface area contributed by atoms with Gasteiger partial charge in [-0.1, -0.05) is 60.7 Å². The summed E-state index contributed by atoms with van der Waals surface area (Å²) in [6.45, 7) is 1.15. The largest absolute Gasteiger partial charge is 0.461 e. The maximum Gasteiger partial charge on any atom is 0.309 e. The number of hydroxylamine groups is 2. The molecule has 0 amide bonds. The van der Waals surface area contributed by atoms with Gasteiger partial charge in [0.1, 0.15) is 12.7 Å². The molecule has 0 bridgehead atoms. The molecule has 4 nitrogen and oxygen atoms in total. The van der Waals surface area contributed by atoms with E-state index < -0.39 is 0 Å². The van der Waals surface area contributed by atoms with E-state index >= 15 is 0 Å². The average Bonchev–Trinajstić information content (AvgIpc) is 3.11. The molecule has 2 aromatic rings. The fourth-order valence-corrected chi connectivity index (χ4v) is 3.76. The highest BCUT2D eigenvalue weighted by molar-refractivity contribution is 5.72. The minimum absolute atomic E-state index is 0.0249. The summed E-state index contributed by atoms with van der Waals surface area (Å²) in [5, 5.41) is 2.07. The Kier molecular flexibility index (Phi) is 4.81. The number of carbonyl (C=O) groups excluding carboxylic acids is 1. The number of rotatable bonds is 4. The molecular formula is C21H23NO3. The van der Waals surface area contributed by atoms with Crippen LogP contribution in [0.25, 0.3) is 0 Å². The number of esters is 1. The second-order valence-electron chi connectivity index (χ2n) is 6.85. The smallest absolute Gasteiger partial charge is 0.309 e. The normalized spacial score (nSPS) is 26.2. The minimum Gasteiger partial charge on any atom is -0.461 e. The van der Waals surface area contributed by atoms with E-state index in [-0.39, 0.29) is 18.0 Å². The Morgan fingerprint density at radius 3 is 2.52 bits per heavy atom. The highest BCUT2D eigenvalue weighted by Crippen LogP contribution is 2.39. The Labute approximate surface area is 148 Å². The van der Waals surface area contributed by atoms with Crippen LogP contribution in [0.4, 0.5) is 0 Å². The van der Waals surface area contributed by atoms with Gasteiger partial charge in [0.25, 0.3) is 0 Å². The van der Waals surface area contributed by atoms with Crippen LogP contribution in [0.2, 0.25) is 0 Å². The third-order valence-corrected chi connectivity index (χ3v) is 5.14. The molecule has 0 aliphatic carbocycles. The molecular weight excluding hydrogens is 314 g/mol. The van der Waals surface area contributed by atoms with E-state index in [2.05, 4.69) is 17.2 Å². The van der Waals surface area contributed by atoms with Crippen LogP contribution in [0, 0.1) is 5.92 Å². The van der Waals surface area contributed by atoms with E-state index in [1.165, 1.54) is 5.56 Å². The van der Waals surface area contributed by atoms with Crippen LogP contribution in [0.5, 0.6) is 0 Å². The van der Waals surface area contributed by atoms with Crippen molar-refractivity contribution in [1.82, 2.24) is 5.06 Å². The summed E-state index contributed by atoms with van der Waals surface area (Å²) in [5.41, 5.74) is 2.24. The van der Waals surface area contributed by atoms with Gasteiger partial charge >= 0.3 is 5.97 Å². The molecule has 0 unspecified atom stereocenters. The summed E-state index contributed by atoms with van der Waals surface area (Å²) in [7, 11) is 0. The summed E-state index contributed by atoms with van der Waals surface area (Å²) in [6, 6.07) is 20.4. The molecule has 0 radical (unpaired) electrons. The Bertz CT molecular complexity index is 704. The molecule has 0 aromatic heterocycles. The van der Waals surface area contributed by atoms with Crippen LogP contribution in [0.3, 0.4) is 0 Å². The van der Waals surface area contributed by atoms with Gasteiger partial charge in [-0.15, -0.1) is 0 Å². The Morgan fingerprint density at radius 1 is 1.04 bits per heavy atom. The summed E-state index contributed by atoms with van der Waals surface area (Å²) in [4.78, 5) is 18.5. The first-order valence-electron chi connectivity index (χ1n) is 8.98. The van der Waals surface area contributed by atoms with Gasteiger partial charge in [0.15, 0.2) is 0 Å². The van der Waals surface area contributed by atoms with Crippen LogP contribution >= 0.6 is 0 Å². The molecule has 2 aromatic carbocycles. The molecule has 2 fully saturated rings. The second-order valence-corrected chi connectivity index (χ2v) is 6.85. The van der Waals surface area contributed by atoms with Crippen molar-refractivity contribution in [3.8, 4) is 0 Å². The zero-order chi connectivity index (χ0) is 17.1. The maximum absolute atomic E-state index is 12.4. The quantitative estimate of drug-likeness (QED) is 0.794. The fourth-order valence-electron chi connectivity index (χ4n) is 3.76. The molecule has 130 valence electrons. The molecule has 0 spiro atoms. The molecule has 4 rings (SSSR count). The number of hydrogen-bond donors (Lipinski definition) is 0.